The number of anilines is 2. The molecule has 0 saturated carbocycles. The quantitative estimate of drug-likeness (QED) is 0.712. The van der Waals surface area contributed by atoms with Crippen LogP contribution in [0.4, 0.5) is 16.0 Å². The molecule has 2 fully saturated rings. The van der Waals surface area contributed by atoms with Crippen molar-refractivity contribution in [1.82, 2.24) is 15.2 Å². The normalized spacial score (nSPS) is 21.1. The van der Waals surface area contributed by atoms with Crippen molar-refractivity contribution in [3.63, 3.8) is 0 Å². The minimum Gasteiger partial charge on any atom is -0.374 e. The highest BCUT2D eigenvalue weighted by Gasteiger charge is 2.39. The van der Waals surface area contributed by atoms with Crippen LogP contribution in [-0.4, -0.2) is 40.5 Å². The van der Waals surface area contributed by atoms with E-state index in [1.165, 1.54) is 6.07 Å². The number of nitriles is 1. The highest BCUT2D eigenvalue weighted by molar-refractivity contribution is 5.94. The molecule has 0 radical (unpaired) electrons. The van der Waals surface area contributed by atoms with Crippen molar-refractivity contribution < 1.29 is 9.13 Å². The molecule has 3 aromatic rings. The Hall–Kier alpha value is -3.31. The first-order valence-electron chi connectivity index (χ1n) is 10.0. The van der Waals surface area contributed by atoms with E-state index in [2.05, 4.69) is 25.4 Å². The SMILES string of the molecule is Cc1nnc(N[C@H](C)c2ccc(C#N)cc2F)c2cc(N3C[C@H]4C[C@@H]3CO4)ncc12. The fourth-order valence-corrected chi connectivity index (χ4v) is 4.34. The molecule has 2 bridgehead atoms. The van der Waals surface area contributed by atoms with Gasteiger partial charge in [0.1, 0.15) is 11.6 Å². The van der Waals surface area contributed by atoms with Crippen LogP contribution in [0.1, 0.15) is 36.2 Å². The van der Waals surface area contributed by atoms with E-state index in [1.54, 1.807) is 12.1 Å². The summed E-state index contributed by atoms with van der Waals surface area (Å²) in [4.78, 5) is 6.95. The van der Waals surface area contributed by atoms with E-state index in [9.17, 15) is 4.39 Å². The molecule has 4 heterocycles. The summed E-state index contributed by atoms with van der Waals surface area (Å²) in [6, 6.07) is 8.48. The number of nitrogens with zero attached hydrogens (tertiary/aromatic N) is 5. The van der Waals surface area contributed by atoms with Crippen molar-refractivity contribution in [2.45, 2.75) is 38.5 Å². The molecule has 152 valence electrons. The second-order valence-corrected chi connectivity index (χ2v) is 7.93. The van der Waals surface area contributed by atoms with E-state index in [0.29, 0.717) is 23.0 Å². The Balaban J connectivity index is 1.50. The minimum atomic E-state index is -0.422. The van der Waals surface area contributed by atoms with E-state index in [-0.39, 0.29) is 12.1 Å². The van der Waals surface area contributed by atoms with Gasteiger partial charge in [0.25, 0.3) is 0 Å². The van der Waals surface area contributed by atoms with Gasteiger partial charge >= 0.3 is 0 Å². The highest BCUT2D eigenvalue weighted by Crippen LogP contribution is 2.34. The van der Waals surface area contributed by atoms with Crippen LogP contribution in [0.25, 0.3) is 10.8 Å². The first kappa shape index (κ1) is 18.7. The average molecular weight is 404 g/mol. The van der Waals surface area contributed by atoms with Gasteiger partial charge in [-0.05, 0) is 38.5 Å². The molecule has 2 saturated heterocycles. The Morgan fingerprint density at radius 3 is 2.87 bits per heavy atom. The van der Waals surface area contributed by atoms with Gasteiger partial charge in [-0.25, -0.2) is 9.37 Å². The molecule has 0 spiro atoms. The van der Waals surface area contributed by atoms with Gasteiger partial charge in [-0.2, -0.15) is 10.4 Å². The van der Waals surface area contributed by atoms with Crippen LogP contribution < -0.4 is 10.2 Å². The number of morpholine rings is 1. The van der Waals surface area contributed by atoms with E-state index in [1.807, 2.05) is 32.2 Å². The van der Waals surface area contributed by atoms with Gasteiger partial charge in [-0.3, -0.25) is 0 Å². The third kappa shape index (κ3) is 3.12. The maximum Gasteiger partial charge on any atom is 0.157 e. The van der Waals surface area contributed by atoms with Gasteiger partial charge in [0.15, 0.2) is 5.82 Å². The number of ether oxygens (including phenoxy) is 1. The summed E-state index contributed by atoms with van der Waals surface area (Å²) in [5, 5.41) is 22.6. The van der Waals surface area contributed by atoms with Crippen LogP contribution in [0, 0.1) is 24.1 Å². The molecular weight excluding hydrogens is 383 g/mol. The number of aromatic nitrogens is 3. The Labute approximate surface area is 173 Å². The maximum atomic E-state index is 14.5. The smallest absolute Gasteiger partial charge is 0.157 e. The molecule has 8 heteroatoms. The third-order valence-electron chi connectivity index (χ3n) is 5.98. The molecule has 0 aliphatic carbocycles. The molecule has 1 N–H and O–H groups in total. The van der Waals surface area contributed by atoms with Crippen LogP contribution in [0.2, 0.25) is 0 Å². The van der Waals surface area contributed by atoms with Crippen molar-refractivity contribution in [3.05, 3.63) is 53.1 Å². The lowest BCUT2D eigenvalue weighted by Gasteiger charge is -2.28. The molecule has 3 atom stereocenters. The Kier molecular flexibility index (Phi) is 4.48. The second-order valence-electron chi connectivity index (χ2n) is 7.93. The number of aryl methyl sites for hydroxylation is 1. The molecule has 5 rings (SSSR count). The molecule has 7 nitrogen and oxygen atoms in total. The van der Waals surface area contributed by atoms with Crippen molar-refractivity contribution in [3.8, 4) is 6.07 Å². The molecule has 30 heavy (non-hydrogen) atoms. The lowest BCUT2D eigenvalue weighted by atomic mass is 10.1. The number of nitrogens with one attached hydrogen (secondary N) is 1. The number of hydrogen-bond donors (Lipinski definition) is 1. The standard InChI is InChI=1S/C22H21FN6O/c1-12(17-4-3-14(8-24)5-20(17)23)26-22-18-7-21(25-9-19(18)13(2)27-28-22)29-10-16-6-15(29)11-30-16/h3-5,7,9,12,15-16H,6,10-11H2,1-2H3,(H,26,28)/t12-,15-,16-/m1/s1. The Morgan fingerprint density at radius 2 is 2.17 bits per heavy atom. The number of halogens is 1. The molecular formula is C22H21FN6O. The number of rotatable bonds is 4. The lowest BCUT2D eigenvalue weighted by molar-refractivity contribution is 0.0989. The predicted molar refractivity (Wildman–Crippen MR) is 111 cm³/mol. The predicted octanol–water partition coefficient (Wildman–Crippen LogP) is 3.49. The summed E-state index contributed by atoms with van der Waals surface area (Å²) in [7, 11) is 0. The molecule has 1 aromatic carbocycles. The van der Waals surface area contributed by atoms with Gasteiger partial charge in [-0.15, -0.1) is 5.10 Å². The summed E-state index contributed by atoms with van der Waals surface area (Å²) in [6.07, 6.45) is 3.15. The first-order valence-corrected chi connectivity index (χ1v) is 10.0. The largest absolute Gasteiger partial charge is 0.374 e. The molecule has 0 unspecified atom stereocenters. The monoisotopic (exact) mass is 404 g/mol. The van der Waals surface area contributed by atoms with Gasteiger partial charge in [0.05, 0.1) is 42.1 Å². The zero-order valence-electron chi connectivity index (χ0n) is 16.8. The number of hydrogen-bond acceptors (Lipinski definition) is 7. The Morgan fingerprint density at radius 1 is 1.30 bits per heavy atom. The van der Waals surface area contributed by atoms with Crippen molar-refractivity contribution in [2.24, 2.45) is 0 Å². The van der Waals surface area contributed by atoms with Crippen LogP contribution in [0.3, 0.4) is 0 Å². The van der Waals surface area contributed by atoms with Crippen LogP contribution in [-0.2, 0) is 4.74 Å². The zero-order valence-corrected chi connectivity index (χ0v) is 16.8. The number of fused-ring (bicyclic) bond motifs is 3. The maximum absolute atomic E-state index is 14.5. The molecule has 2 aliphatic heterocycles. The minimum absolute atomic E-state index is 0.279. The van der Waals surface area contributed by atoms with E-state index in [0.717, 1.165) is 41.9 Å². The fraction of sp³-hybridized carbons (Fsp3) is 0.364. The average Bonchev–Trinajstić information content (AvgIpc) is 3.39. The highest BCUT2D eigenvalue weighted by atomic mass is 19.1. The van der Waals surface area contributed by atoms with Crippen molar-refractivity contribution in [2.75, 3.05) is 23.4 Å². The first-order chi connectivity index (χ1) is 14.5. The van der Waals surface area contributed by atoms with E-state index >= 15 is 0 Å². The summed E-state index contributed by atoms with van der Waals surface area (Å²) in [5.41, 5.74) is 1.55. The summed E-state index contributed by atoms with van der Waals surface area (Å²) >= 11 is 0. The third-order valence-corrected chi connectivity index (χ3v) is 5.98. The van der Waals surface area contributed by atoms with Crippen LogP contribution in [0.5, 0.6) is 0 Å². The summed E-state index contributed by atoms with van der Waals surface area (Å²) in [6.45, 7) is 5.33. The molecule has 2 aliphatic rings. The Bertz CT molecular complexity index is 1180. The van der Waals surface area contributed by atoms with Gasteiger partial charge < -0.3 is 15.0 Å². The van der Waals surface area contributed by atoms with Crippen molar-refractivity contribution >= 4 is 22.4 Å². The molecule has 0 amide bonds. The van der Waals surface area contributed by atoms with E-state index < -0.39 is 5.82 Å². The zero-order chi connectivity index (χ0) is 20.8. The van der Waals surface area contributed by atoms with Gasteiger partial charge in [0, 0.05) is 29.1 Å². The summed E-state index contributed by atoms with van der Waals surface area (Å²) in [5.74, 6) is 1.05. The molecule has 2 aromatic heterocycles. The van der Waals surface area contributed by atoms with Crippen LogP contribution >= 0.6 is 0 Å². The van der Waals surface area contributed by atoms with Crippen molar-refractivity contribution in [1.29, 1.82) is 5.26 Å². The lowest BCUT2D eigenvalue weighted by Crippen LogP contribution is -2.37. The van der Waals surface area contributed by atoms with E-state index in [4.69, 9.17) is 10.00 Å². The van der Waals surface area contributed by atoms with Gasteiger partial charge in [0.2, 0.25) is 0 Å². The fourth-order valence-electron chi connectivity index (χ4n) is 4.34. The number of pyridine rings is 1. The van der Waals surface area contributed by atoms with Crippen LogP contribution in [0.15, 0.2) is 30.5 Å². The van der Waals surface area contributed by atoms with Gasteiger partial charge in [-0.1, -0.05) is 6.07 Å². The number of benzene rings is 1. The topological polar surface area (TPSA) is 87.0 Å². The summed E-state index contributed by atoms with van der Waals surface area (Å²) < 4.78 is 20.2. The second kappa shape index (κ2) is 7.18.